The van der Waals surface area contributed by atoms with Crippen LogP contribution in [0.3, 0.4) is 0 Å². The lowest BCUT2D eigenvalue weighted by atomic mass is 10.1. The zero-order chi connectivity index (χ0) is 12.8. The van der Waals surface area contributed by atoms with Crippen molar-refractivity contribution in [3.8, 4) is 0 Å². The Hall–Kier alpha value is -1.23. The highest BCUT2D eigenvalue weighted by molar-refractivity contribution is 6.31. The maximum Gasteiger partial charge on any atom is 0.417 e. The molecule has 2 atom stereocenters. The normalized spacial score (nSPS) is 23.5. The Morgan fingerprint density at radius 1 is 1.41 bits per heavy atom. The van der Waals surface area contributed by atoms with Crippen LogP contribution in [0.5, 0.6) is 0 Å². The second kappa shape index (κ2) is 3.91. The monoisotopic (exact) mass is 264 g/mol. The molecule has 6 heteroatoms. The van der Waals surface area contributed by atoms with Crippen LogP contribution in [0.4, 0.5) is 13.2 Å². The largest absolute Gasteiger partial charge is 0.481 e. The lowest BCUT2D eigenvalue weighted by Gasteiger charge is -2.10. The lowest BCUT2D eigenvalue weighted by Crippen LogP contribution is -2.07. The summed E-state index contributed by atoms with van der Waals surface area (Å²) in [5.41, 5.74) is -0.526. The predicted octanol–water partition coefficient (Wildman–Crippen LogP) is 3.55. The smallest absolute Gasteiger partial charge is 0.417 e. The van der Waals surface area contributed by atoms with E-state index in [1.807, 2.05) is 0 Å². The number of carboxylic acid groups (broad SMARTS) is 1. The van der Waals surface area contributed by atoms with Gasteiger partial charge in [0.15, 0.2) is 0 Å². The molecular weight excluding hydrogens is 257 g/mol. The van der Waals surface area contributed by atoms with Crippen LogP contribution in [0.25, 0.3) is 0 Å². The first-order valence-electron chi connectivity index (χ1n) is 4.90. The average Bonchev–Trinajstić information content (AvgIpc) is 2.96. The first-order chi connectivity index (χ1) is 7.80. The van der Waals surface area contributed by atoms with Crippen molar-refractivity contribution in [1.29, 1.82) is 0 Å². The molecule has 0 bridgehead atoms. The highest BCUT2D eigenvalue weighted by Crippen LogP contribution is 2.49. The molecule has 1 aromatic rings. The summed E-state index contributed by atoms with van der Waals surface area (Å²) in [4.78, 5) is 10.6. The van der Waals surface area contributed by atoms with Crippen LogP contribution in [0.15, 0.2) is 18.2 Å². The molecule has 1 aliphatic carbocycles. The number of hydrogen-bond acceptors (Lipinski definition) is 1. The molecule has 2 nitrogen and oxygen atoms in total. The third-order valence-electron chi connectivity index (χ3n) is 2.83. The van der Waals surface area contributed by atoms with Crippen molar-refractivity contribution in [3.05, 3.63) is 34.3 Å². The summed E-state index contributed by atoms with van der Waals surface area (Å²) in [5, 5.41) is 8.35. The van der Waals surface area contributed by atoms with Crippen LogP contribution in [0.2, 0.25) is 5.02 Å². The van der Waals surface area contributed by atoms with Gasteiger partial charge in [-0.15, -0.1) is 0 Å². The maximum absolute atomic E-state index is 12.6. The minimum Gasteiger partial charge on any atom is -0.481 e. The Morgan fingerprint density at radius 3 is 2.53 bits per heavy atom. The van der Waals surface area contributed by atoms with Gasteiger partial charge >= 0.3 is 12.1 Å². The third-order valence-corrected chi connectivity index (χ3v) is 3.16. The van der Waals surface area contributed by atoms with Gasteiger partial charge in [-0.1, -0.05) is 17.7 Å². The van der Waals surface area contributed by atoms with Crippen LogP contribution in [0, 0.1) is 5.92 Å². The molecule has 0 heterocycles. The van der Waals surface area contributed by atoms with Gasteiger partial charge < -0.3 is 5.11 Å². The summed E-state index contributed by atoms with van der Waals surface area (Å²) in [6.07, 6.45) is -4.13. The second-order valence-electron chi connectivity index (χ2n) is 4.02. The van der Waals surface area contributed by atoms with E-state index >= 15 is 0 Å². The van der Waals surface area contributed by atoms with Crippen molar-refractivity contribution in [2.24, 2.45) is 5.92 Å². The fourth-order valence-electron chi connectivity index (χ4n) is 1.83. The van der Waals surface area contributed by atoms with Crippen molar-refractivity contribution in [2.45, 2.75) is 18.5 Å². The van der Waals surface area contributed by atoms with E-state index in [1.54, 1.807) is 0 Å². The molecule has 0 saturated heterocycles. The highest BCUT2D eigenvalue weighted by atomic mass is 35.5. The minimum absolute atomic E-state index is 0.328. The van der Waals surface area contributed by atoms with Crippen LogP contribution in [-0.4, -0.2) is 11.1 Å². The summed E-state index contributed by atoms with van der Waals surface area (Å²) in [6, 6.07) is 3.55. The van der Waals surface area contributed by atoms with Crippen LogP contribution in [0.1, 0.15) is 23.5 Å². The number of carbonyl (C=O) groups is 1. The highest BCUT2D eigenvalue weighted by Gasteiger charge is 2.45. The number of aliphatic carboxylic acids is 1. The number of rotatable bonds is 2. The Morgan fingerprint density at radius 2 is 2.06 bits per heavy atom. The quantitative estimate of drug-likeness (QED) is 0.887. The summed E-state index contributed by atoms with van der Waals surface area (Å²) in [5.74, 6) is -1.87. The molecule has 0 radical (unpaired) electrons. The molecule has 0 spiro atoms. The SMILES string of the molecule is O=C(O)C1CC1c1ccc(Cl)c(C(F)(F)F)c1. The van der Waals surface area contributed by atoms with Crippen LogP contribution < -0.4 is 0 Å². The van der Waals surface area contributed by atoms with Crippen molar-refractivity contribution in [2.75, 3.05) is 0 Å². The molecule has 1 N–H and O–H groups in total. The van der Waals surface area contributed by atoms with E-state index in [-0.39, 0.29) is 10.9 Å². The zero-order valence-corrected chi connectivity index (χ0v) is 9.22. The van der Waals surface area contributed by atoms with Gasteiger partial charge in [-0.2, -0.15) is 13.2 Å². The molecule has 2 rings (SSSR count). The molecule has 1 saturated carbocycles. The third kappa shape index (κ3) is 2.39. The Kier molecular flexibility index (Phi) is 2.81. The molecule has 1 aromatic carbocycles. The molecule has 0 amide bonds. The van der Waals surface area contributed by atoms with Gasteiger partial charge in [0.1, 0.15) is 0 Å². The van der Waals surface area contributed by atoms with E-state index in [9.17, 15) is 18.0 Å². The number of hydrogen-bond donors (Lipinski definition) is 1. The Labute approximate surface area is 100 Å². The topological polar surface area (TPSA) is 37.3 Å². The summed E-state index contributed by atoms with van der Waals surface area (Å²) in [6.45, 7) is 0. The van der Waals surface area contributed by atoms with E-state index in [2.05, 4.69) is 0 Å². The maximum atomic E-state index is 12.6. The molecule has 0 aliphatic heterocycles. The Balaban J connectivity index is 2.30. The molecule has 2 unspecified atom stereocenters. The van der Waals surface area contributed by atoms with Crippen molar-refractivity contribution < 1.29 is 23.1 Å². The molecule has 0 aromatic heterocycles. The number of alkyl halides is 3. The number of carboxylic acids is 1. The fourth-order valence-corrected chi connectivity index (χ4v) is 2.05. The van der Waals surface area contributed by atoms with E-state index in [4.69, 9.17) is 16.7 Å². The van der Waals surface area contributed by atoms with E-state index in [0.29, 0.717) is 12.0 Å². The summed E-state index contributed by atoms with van der Waals surface area (Å²) >= 11 is 5.47. The zero-order valence-electron chi connectivity index (χ0n) is 8.46. The molecular formula is C11H8ClF3O2. The van der Waals surface area contributed by atoms with Crippen molar-refractivity contribution in [3.63, 3.8) is 0 Å². The van der Waals surface area contributed by atoms with Crippen molar-refractivity contribution >= 4 is 17.6 Å². The van der Waals surface area contributed by atoms with Crippen LogP contribution in [-0.2, 0) is 11.0 Å². The average molecular weight is 265 g/mol. The van der Waals surface area contributed by atoms with E-state index < -0.39 is 23.6 Å². The number of halogens is 4. The van der Waals surface area contributed by atoms with Gasteiger partial charge in [0.25, 0.3) is 0 Å². The molecule has 17 heavy (non-hydrogen) atoms. The van der Waals surface area contributed by atoms with Gasteiger partial charge in [0.05, 0.1) is 16.5 Å². The van der Waals surface area contributed by atoms with Gasteiger partial charge in [0.2, 0.25) is 0 Å². The fraction of sp³-hybridized carbons (Fsp3) is 0.364. The standard InChI is InChI=1S/C11H8ClF3O2/c12-9-2-1-5(3-8(9)11(13,14)15)6-4-7(6)10(16)17/h1-3,6-7H,4H2,(H,16,17). The Bertz CT molecular complexity index is 470. The predicted molar refractivity (Wildman–Crippen MR) is 54.9 cm³/mol. The lowest BCUT2D eigenvalue weighted by molar-refractivity contribution is -0.138. The first-order valence-corrected chi connectivity index (χ1v) is 5.28. The van der Waals surface area contributed by atoms with Crippen LogP contribution >= 0.6 is 11.6 Å². The molecule has 1 fully saturated rings. The number of benzene rings is 1. The van der Waals surface area contributed by atoms with E-state index in [0.717, 1.165) is 12.1 Å². The molecule has 92 valence electrons. The van der Waals surface area contributed by atoms with E-state index in [1.165, 1.54) is 6.07 Å². The second-order valence-corrected chi connectivity index (χ2v) is 4.43. The van der Waals surface area contributed by atoms with Gasteiger partial charge in [0, 0.05) is 0 Å². The summed E-state index contributed by atoms with van der Waals surface area (Å²) < 4.78 is 37.7. The minimum atomic E-state index is -4.51. The first kappa shape index (κ1) is 12.2. The molecule has 1 aliphatic rings. The van der Waals surface area contributed by atoms with Gasteiger partial charge in [-0.25, -0.2) is 0 Å². The van der Waals surface area contributed by atoms with Gasteiger partial charge in [-0.05, 0) is 30.0 Å². The summed E-state index contributed by atoms with van der Waals surface area (Å²) in [7, 11) is 0. The van der Waals surface area contributed by atoms with Gasteiger partial charge in [-0.3, -0.25) is 4.79 Å². The van der Waals surface area contributed by atoms with Crippen molar-refractivity contribution in [1.82, 2.24) is 0 Å².